The second kappa shape index (κ2) is 11.5. The first-order chi connectivity index (χ1) is 16.2. The fraction of sp³-hybridized carbons (Fsp3) is 0.385. The van der Waals surface area contributed by atoms with Gasteiger partial charge in [0.2, 0.25) is 0 Å². The molecule has 3 aromatic rings. The van der Waals surface area contributed by atoms with E-state index in [9.17, 15) is 0 Å². The molecular weight excluding hydrogens is 414 g/mol. The van der Waals surface area contributed by atoms with Crippen LogP contribution >= 0.6 is 0 Å². The Bertz CT molecular complexity index is 1040. The molecule has 0 radical (unpaired) electrons. The van der Waals surface area contributed by atoms with Gasteiger partial charge in [-0.25, -0.2) is 4.99 Å². The van der Waals surface area contributed by atoms with Crippen molar-refractivity contribution < 1.29 is 9.47 Å². The quantitative estimate of drug-likeness (QED) is 0.387. The Hall–Kier alpha value is -3.32. The normalized spacial score (nSPS) is 16.1. The fourth-order valence-corrected chi connectivity index (χ4v) is 3.83. The van der Waals surface area contributed by atoms with Crippen LogP contribution in [0.5, 0.6) is 5.75 Å². The minimum atomic E-state index is 0.118. The maximum absolute atomic E-state index is 6.23. The van der Waals surface area contributed by atoms with E-state index < -0.39 is 0 Å². The topological polar surface area (TPSA) is 72.7 Å². The lowest BCUT2D eigenvalue weighted by atomic mass is 10.1. The fourth-order valence-electron chi connectivity index (χ4n) is 3.83. The Kier molecular flexibility index (Phi) is 7.98. The molecule has 2 aromatic carbocycles. The highest BCUT2D eigenvalue weighted by Gasteiger charge is 2.18. The van der Waals surface area contributed by atoms with Gasteiger partial charge in [0.05, 0.1) is 26.3 Å². The zero-order chi connectivity index (χ0) is 22.9. The third-order valence-corrected chi connectivity index (χ3v) is 5.61. The summed E-state index contributed by atoms with van der Waals surface area (Å²) < 4.78 is 13.6. The average Bonchev–Trinajstić information content (AvgIpc) is 3.52. The van der Waals surface area contributed by atoms with E-state index in [4.69, 9.17) is 14.5 Å². The van der Waals surface area contributed by atoms with Crippen LogP contribution in [0, 0.1) is 6.92 Å². The summed E-state index contributed by atoms with van der Waals surface area (Å²) in [6.45, 7) is 8.32. The van der Waals surface area contributed by atoms with Crippen LogP contribution in [0.25, 0.3) is 0 Å². The van der Waals surface area contributed by atoms with E-state index in [1.54, 1.807) is 6.20 Å². The second-order valence-electron chi connectivity index (χ2n) is 8.24. The van der Waals surface area contributed by atoms with Gasteiger partial charge in [-0.2, -0.15) is 5.10 Å². The van der Waals surface area contributed by atoms with Crippen molar-refractivity contribution in [3.05, 3.63) is 83.2 Å². The highest BCUT2D eigenvalue weighted by molar-refractivity contribution is 5.79. The summed E-state index contributed by atoms with van der Waals surface area (Å²) in [5, 5.41) is 11.2. The van der Waals surface area contributed by atoms with Crippen molar-refractivity contribution in [3.63, 3.8) is 0 Å². The number of rotatable bonds is 9. The standard InChI is InChI=1S/C26H33N5O2/c1-3-27-26(28-16-21-7-4-5-8-23(21)18-31-13-6-12-30-31)29-17-22-10-9-20(2)15-25(22)33-24-11-14-32-19-24/h4-10,12-13,15,24H,3,11,14,16-19H2,1-2H3,(H2,27,28,29). The van der Waals surface area contributed by atoms with Crippen LogP contribution in [0.2, 0.25) is 0 Å². The van der Waals surface area contributed by atoms with Crippen LogP contribution in [0.4, 0.5) is 0 Å². The summed E-state index contributed by atoms with van der Waals surface area (Å²) in [4.78, 5) is 4.83. The molecule has 7 nitrogen and oxygen atoms in total. The van der Waals surface area contributed by atoms with Gasteiger partial charge >= 0.3 is 0 Å². The molecule has 2 heterocycles. The van der Waals surface area contributed by atoms with E-state index in [2.05, 4.69) is 72.0 Å². The molecule has 1 aliphatic heterocycles. The Balaban J connectivity index is 1.44. The zero-order valence-corrected chi connectivity index (χ0v) is 19.5. The molecule has 7 heteroatoms. The molecule has 1 aliphatic rings. The number of ether oxygens (including phenoxy) is 2. The van der Waals surface area contributed by atoms with Crippen LogP contribution < -0.4 is 15.4 Å². The highest BCUT2D eigenvalue weighted by atomic mass is 16.5. The highest BCUT2D eigenvalue weighted by Crippen LogP contribution is 2.24. The molecule has 0 spiro atoms. The van der Waals surface area contributed by atoms with Crippen LogP contribution in [0.3, 0.4) is 0 Å². The molecule has 1 atom stereocenters. The van der Waals surface area contributed by atoms with Gasteiger partial charge in [0.15, 0.2) is 5.96 Å². The number of aryl methyl sites for hydroxylation is 1. The molecule has 33 heavy (non-hydrogen) atoms. The number of guanidine groups is 1. The maximum Gasteiger partial charge on any atom is 0.191 e. The predicted molar refractivity (Wildman–Crippen MR) is 130 cm³/mol. The van der Waals surface area contributed by atoms with Gasteiger partial charge in [-0.3, -0.25) is 4.68 Å². The number of aromatic nitrogens is 2. The first-order valence-corrected chi connectivity index (χ1v) is 11.6. The number of hydrogen-bond donors (Lipinski definition) is 2. The van der Waals surface area contributed by atoms with Gasteiger partial charge in [0.1, 0.15) is 11.9 Å². The Morgan fingerprint density at radius 2 is 2.03 bits per heavy atom. The average molecular weight is 448 g/mol. The van der Waals surface area contributed by atoms with E-state index in [0.29, 0.717) is 19.7 Å². The maximum atomic E-state index is 6.23. The van der Waals surface area contributed by atoms with Crippen molar-refractivity contribution in [2.45, 2.75) is 46.0 Å². The largest absolute Gasteiger partial charge is 0.488 e. The van der Waals surface area contributed by atoms with Crippen LogP contribution in [-0.2, 0) is 24.4 Å². The number of aliphatic imine (C=N–C) groups is 1. The molecule has 2 N–H and O–H groups in total. The summed E-state index contributed by atoms with van der Waals surface area (Å²) in [5.41, 5.74) is 4.70. The van der Waals surface area contributed by atoms with Gasteiger partial charge < -0.3 is 20.1 Å². The van der Waals surface area contributed by atoms with Crippen molar-refractivity contribution in [2.24, 2.45) is 4.99 Å². The van der Waals surface area contributed by atoms with Crippen molar-refractivity contribution in [3.8, 4) is 5.75 Å². The summed E-state index contributed by atoms with van der Waals surface area (Å²) in [6, 6.07) is 16.7. The van der Waals surface area contributed by atoms with Crippen molar-refractivity contribution >= 4 is 5.96 Å². The Morgan fingerprint density at radius 3 is 2.79 bits per heavy atom. The summed E-state index contributed by atoms with van der Waals surface area (Å²) >= 11 is 0. The van der Waals surface area contributed by atoms with Gasteiger partial charge in [-0.05, 0) is 42.7 Å². The molecule has 0 aliphatic carbocycles. The molecule has 1 fully saturated rings. The SMILES string of the molecule is CCNC(=NCc1ccc(C)cc1OC1CCOC1)NCc1ccccc1Cn1cccn1. The van der Waals surface area contributed by atoms with Gasteiger partial charge in [-0.1, -0.05) is 36.4 Å². The molecule has 1 saturated heterocycles. The van der Waals surface area contributed by atoms with Gasteiger partial charge in [0, 0.05) is 37.5 Å². The van der Waals surface area contributed by atoms with Gasteiger partial charge in [-0.15, -0.1) is 0 Å². The Labute approximate surface area is 195 Å². The third kappa shape index (κ3) is 6.58. The molecule has 1 unspecified atom stereocenters. The lowest BCUT2D eigenvalue weighted by Crippen LogP contribution is -2.37. The zero-order valence-electron chi connectivity index (χ0n) is 19.5. The lowest BCUT2D eigenvalue weighted by molar-refractivity contribution is 0.140. The minimum Gasteiger partial charge on any atom is -0.488 e. The molecule has 1 aromatic heterocycles. The first kappa shape index (κ1) is 22.9. The monoisotopic (exact) mass is 447 g/mol. The number of nitrogens with one attached hydrogen (secondary N) is 2. The van der Waals surface area contributed by atoms with Crippen LogP contribution in [0.1, 0.15) is 35.6 Å². The van der Waals surface area contributed by atoms with E-state index in [1.165, 1.54) is 16.7 Å². The molecule has 0 bridgehead atoms. The first-order valence-electron chi connectivity index (χ1n) is 11.6. The van der Waals surface area contributed by atoms with Crippen molar-refractivity contribution in [1.29, 1.82) is 0 Å². The molecule has 0 saturated carbocycles. The van der Waals surface area contributed by atoms with E-state index >= 15 is 0 Å². The van der Waals surface area contributed by atoms with E-state index in [1.807, 2.05) is 16.9 Å². The minimum absolute atomic E-state index is 0.118. The second-order valence-corrected chi connectivity index (χ2v) is 8.24. The molecule has 0 amide bonds. The summed E-state index contributed by atoms with van der Waals surface area (Å²) in [6.07, 6.45) is 4.83. The number of hydrogen-bond acceptors (Lipinski definition) is 4. The smallest absolute Gasteiger partial charge is 0.191 e. The summed E-state index contributed by atoms with van der Waals surface area (Å²) in [7, 11) is 0. The van der Waals surface area contributed by atoms with Gasteiger partial charge in [0.25, 0.3) is 0 Å². The van der Waals surface area contributed by atoms with Crippen molar-refractivity contribution in [2.75, 3.05) is 19.8 Å². The van der Waals surface area contributed by atoms with E-state index in [0.717, 1.165) is 43.4 Å². The molecule has 174 valence electrons. The van der Waals surface area contributed by atoms with Crippen molar-refractivity contribution in [1.82, 2.24) is 20.4 Å². The molecular formula is C26H33N5O2. The Morgan fingerprint density at radius 1 is 1.15 bits per heavy atom. The lowest BCUT2D eigenvalue weighted by Gasteiger charge is -2.17. The number of nitrogens with zero attached hydrogens (tertiary/aromatic N) is 3. The third-order valence-electron chi connectivity index (χ3n) is 5.61. The summed E-state index contributed by atoms with van der Waals surface area (Å²) in [5.74, 6) is 1.68. The van der Waals surface area contributed by atoms with Crippen LogP contribution in [0.15, 0.2) is 65.9 Å². The predicted octanol–water partition coefficient (Wildman–Crippen LogP) is 3.66. The van der Waals surface area contributed by atoms with E-state index in [-0.39, 0.29) is 6.10 Å². The van der Waals surface area contributed by atoms with Crippen LogP contribution in [-0.4, -0.2) is 41.6 Å². The number of benzene rings is 2. The molecule has 4 rings (SSSR count).